The van der Waals surface area contributed by atoms with Gasteiger partial charge in [0.2, 0.25) is 5.91 Å². The van der Waals surface area contributed by atoms with Crippen LogP contribution in [0, 0.1) is 6.92 Å². The highest BCUT2D eigenvalue weighted by Gasteiger charge is 2.38. The molecule has 1 fully saturated rings. The van der Waals surface area contributed by atoms with Gasteiger partial charge < -0.3 is 0 Å². The lowest BCUT2D eigenvalue weighted by atomic mass is 10.1. The lowest BCUT2D eigenvalue weighted by Crippen LogP contribution is -2.31. The summed E-state index contributed by atoms with van der Waals surface area (Å²) in [6.07, 6.45) is 0.770. The number of amidine groups is 1. The Hall–Kier alpha value is -2.40. The van der Waals surface area contributed by atoms with Crippen molar-refractivity contribution >= 4 is 34.2 Å². The Balaban J connectivity index is 1.94. The minimum atomic E-state index is -0.104. The molecular formula is C20H21N3OS. The smallest absolute Gasteiger partial charge is 0.246 e. The van der Waals surface area contributed by atoms with Crippen LogP contribution in [0.25, 0.3) is 0 Å². The molecule has 0 N–H and O–H groups in total. The van der Waals surface area contributed by atoms with Crippen LogP contribution in [-0.2, 0) is 4.79 Å². The van der Waals surface area contributed by atoms with Crippen LogP contribution < -0.4 is 4.90 Å². The molecule has 2 aromatic rings. The van der Waals surface area contributed by atoms with E-state index in [4.69, 9.17) is 0 Å². The van der Waals surface area contributed by atoms with E-state index in [1.807, 2.05) is 75.4 Å². The zero-order valence-electron chi connectivity index (χ0n) is 14.6. The largest absolute Gasteiger partial charge is 0.273 e. The van der Waals surface area contributed by atoms with Crippen molar-refractivity contribution in [3.8, 4) is 0 Å². The van der Waals surface area contributed by atoms with Crippen molar-refractivity contribution in [3.05, 3.63) is 65.7 Å². The van der Waals surface area contributed by atoms with E-state index in [2.05, 4.69) is 10.2 Å². The molecule has 0 spiro atoms. The van der Waals surface area contributed by atoms with Gasteiger partial charge in [0, 0.05) is 0 Å². The number of nitrogens with zero attached hydrogens (tertiary/aromatic N) is 3. The van der Waals surface area contributed by atoms with Crippen LogP contribution in [0.1, 0.15) is 31.4 Å². The van der Waals surface area contributed by atoms with Gasteiger partial charge in [-0.15, -0.1) is 5.10 Å². The third-order valence-electron chi connectivity index (χ3n) is 4.07. The summed E-state index contributed by atoms with van der Waals surface area (Å²) in [5.41, 5.74) is 3.84. The van der Waals surface area contributed by atoms with Crippen LogP contribution in [0.5, 0.6) is 0 Å². The Morgan fingerprint density at radius 1 is 1.12 bits per heavy atom. The monoisotopic (exact) mass is 351 g/mol. The second kappa shape index (κ2) is 7.66. The minimum absolute atomic E-state index is 0.0719. The van der Waals surface area contributed by atoms with Crippen molar-refractivity contribution in [1.82, 2.24) is 0 Å². The standard InChI is InChI=1S/C20H21N3OS/c1-4-18-19(24)23(17-12-10-14(2)11-13-17)20(25-18)22-21-15(3)16-8-6-5-7-9-16/h5-13,18H,4H2,1-3H3. The van der Waals surface area contributed by atoms with Gasteiger partial charge in [-0.05, 0) is 38.0 Å². The van der Waals surface area contributed by atoms with Crippen LogP contribution in [0.3, 0.4) is 0 Å². The van der Waals surface area contributed by atoms with Gasteiger partial charge in [0.25, 0.3) is 0 Å². The van der Waals surface area contributed by atoms with Gasteiger partial charge in [-0.2, -0.15) is 5.10 Å². The Morgan fingerprint density at radius 2 is 1.80 bits per heavy atom. The third-order valence-corrected chi connectivity index (χ3v) is 5.37. The fourth-order valence-electron chi connectivity index (χ4n) is 2.58. The second-order valence-corrected chi connectivity index (χ2v) is 7.13. The van der Waals surface area contributed by atoms with Crippen LogP contribution in [0.2, 0.25) is 0 Å². The molecule has 1 amide bonds. The second-order valence-electron chi connectivity index (χ2n) is 5.96. The lowest BCUT2D eigenvalue weighted by molar-refractivity contribution is -0.116. The van der Waals surface area contributed by atoms with Gasteiger partial charge in [-0.25, -0.2) is 0 Å². The summed E-state index contributed by atoms with van der Waals surface area (Å²) in [6, 6.07) is 17.8. The maximum Gasteiger partial charge on any atom is 0.246 e. The molecule has 1 saturated heterocycles. The summed E-state index contributed by atoms with van der Waals surface area (Å²) in [6.45, 7) is 5.97. The molecular weight excluding hydrogens is 330 g/mol. The van der Waals surface area contributed by atoms with Gasteiger partial charge in [-0.1, -0.05) is 66.7 Å². The number of amides is 1. The van der Waals surface area contributed by atoms with Crippen molar-refractivity contribution in [3.63, 3.8) is 0 Å². The summed E-state index contributed by atoms with van der Waals surface area (Å²) in [5, 5.41) is 9.29. The average molecular weight is 351 g/mol. The normalized spacial score (nSPS) is 19.7. The predicted octanol–water partition coefficient (Wildman–Crippen LogP) is 4.63. The minimum Gasteiger partial charge on any atom is -0.273 e. The number of thioether (sulfide) groups is 1. The number of carbonyl (C=O) groups excluding carboxylic acids is 1. The number of anilines is 1. The Labute approximate surface area is 152 Å². The first-order chi connectivity index (χ1) is 12.1. The zero-order chi connectivity index (χ0) is 17.8. The van der Waals surface area contributed by atoms with E-state index >= 15 is 0 Å². The molecule has 4 nitrogen and oxygen atoms in total. The van der Waals surface area contributed by atoms with Crippen LogP contribution >= 0.6 is 11.8 Å². The highest BCUT2D eigenvalue weighted by atomic mass is 32.2. The highest BCUT2D eigenvalue weighted by Crippen LogP contribution is 2.33. The summed E-state index contributed by atoms with van der Waals surface area (Å²) >= 11 is 1.48. The first-order valence-corrected chi connectivity index (χ1v) is 9.23. The maximum atomic E-state index is 12.7. The first-order valence-electron chi connectivity index (χ1n) is 8.35. The molecule has 0 saturated carbocycles. The maximum absolute atomic E-state index is 12.7. The molecule has 0 aliphatic carbocycles. The molecule has 0 bridgehead atoms. The van der Waals surface area contributed by atoms with E-state index in [-0.39, 0.29) is 11.2 Å². The van der Waals surface area contributed by atoms with Crippen molar-refractivity contribution in [1.29, 1.82) is 0 Å². The van der Waals surface area contributed by atoms with Gasteiger partial charge in [-0.3, -0.25) is 9.69 Å². The summed E-state index contributed by atoms with van der Waals surface area (Å²) in [5.74, 6) is 0.0719. The Bertz CT molecular complexity index is 813. The lowest BCUT2D eigenvalue weighted by Gasteiger charge is -2.16. The SMILES string of the molecule is CCC1SC(=NN=C(C)c2ccccc2)N(c2ccc(C)cc2)C1=O. The van der Waals surface area contributed by atoms with Crippen LogP contribution in [-0.4, -0.2) is 22.0 Å². The van der Waals surface area contributed by atoms with Crippen LogP contribution in [0.4, 0.5) is 5.69 Å². The molecule has 1 heterocycles. The van der Waals surface area contributed by atoms with Crippen molar-refractivity contribution in [2.24, 2.45) is 10.2 Å². The van der Waals surface area contributed by atoms with E-state index in [0.29, 0.717) is 5.17 Å². The number of aryl methyl sites for hydroxylation is 1. The molecule has 3 rings (SSSR count). The number of hydrogen-bond donors (Lipinski definition) is 0. The molecule has 5 heteroatoms. The average Bonchev–Trinajstić information content (AvgIpc) is 2.97. The Kier molecular flexibility index (Phi) is 5.34. The van der Waals surface area contributed by atoms with E-state index in [1.54, 1.807) is 4.90 Å². The number of rotatable bonds is 4. The molecule has 2 aromatic carbocycles. The first kappa shape index (κ1) is 17.4. The molecule has 1 aliphatic rings. The summed E-state index contributed by atoms with van der Waals surface area (Å²) < 4.78 is 0. The molecule has 0 aromatic heterocycles. The molecule has 1 atom stereocenters. The topological polar surface area (TPSA) is 45.0 Å². The molecule has 128 valence electrons. The van der Waals surface area contributed by atoms with Crippen LogP contribution in [0.15, 0.2) is 64.8 Å². The number of carbonyl (C=O) groups is 1. The van der Waals surface area contributed by atoms with E-state index < -0.39 is 0 Å². The van der Waals surface area contributed by atoms with Gasteiger partial charge in [0.1, 0.15) is 0 Å². The number of benzene rings is 2. The highest BCUT2D eigenvalue weighted by molar-refractivity contribution is 8.16. The molecule has 1 unspecified atom stereocenters. The molecule has 1 aliphatic heterocycles. The van der Waals surface area contributed by atoms with E-state index in [0.717, 1.165) is 28.9 Å². The van der Waals surface area contributed by atoms with Gasteiger partial charge >= 0.3 is 0 Å². The van der Waals surface area contributed by atoms with Crippen molar-refractivity contribution in [2.75, 3.05) is 4.90 Å². The van der Waals surface area contributed by atoms with E-state index in [9.17, 15) is 4.79 Å². The van der Waals surface area contributed by atoms with Crippen molar-refractivity contribution in [2.45, 2.75) is 32.4 Å². The fraction of sp³-hybridized carbons (Fsp3) is 0.250. The zero-order valence-corrected chi connectivity index (χ0v) is 15.5. The van der Waals surface area contributed by atoms with E-state index in [1.165, 1.54) is 11.8 Å². The fourth-order valence-corrected chi connectivity index (χ4v) is 3.60. The predicted molar refractivity (Wildman–Crippen MR) is 106 cm³/mol. The summed E-state index contributed by atoms with van der Waals surface area (Å²) in [7, 11) is 0. The van der Waals surface area contributed by atoms with Gasteiger partial charge in [0.05, 0.1) is 16.6 Å². The number of hydrogen-bond acceptors (Lipinski definition) is 4. The van der Waals surface area contributed by atoms with Crippen molar-refractivity contribution < 1.29 is 4.79 Å². The quantitative estimate of drug-likeness (QED) is 0.595. The molecule has 25 heavy (non-hydrogen) atoms. The third kappa shape index (κ3) is 3.82. The summed E-state index contributed by atoms with van der Waals surface area (Å²) in [4.78, 5) is 14.4. The van der Waals surface area contributed by atoms with Gasteiger partial charge in [0.15, 0.2) is 5.17 Å². The Morgan fingerprint density at radius 3 is 2.44 bits per heavy atom. The molecule has 0 radical (unpaired) electrons.